The maximum Gasteiger partial charge on any atom is 1.00 e. The van der Waals surface area contributed by atoms with Gasteiger partial charge in [0, 0.05) is 10.4 Å². The molecule has 0 bridgehead atoms. The molecule has 0 radical (unpaired) electrons. The summed E-state index contributed by atoms with van der Waals surface area (Å²) in [4.78, 5) is 0. The van der Waals surface area contributed by atoms with Gasteiger partial charge in [-0.3, -0.25) is 8.42 Å². The second kappa shape index (κ2) is 14.9. The Hall–Kier alpha value is 4.43. The molecule has 0 atom stereocenters. The van der Waals surface area contributed by atoms with Gasteiger partial charge in [0.25, 0.3) is 0 Å². The third-order valence-electron chi connectivity index (χ3n) is 0. The monoisotopic (exact) mass is 232 g/mol. The van der Waals surface area contributed by atoms with Crippen LogP contribution in [0.3, 0.4) is 0 Å². The largest absolute Gasteiger partial charge is 1.00 e. The van der Waals surface area contributed by atoms with Gasteiger partial charge in [0.2, 0.25) is 0 Å². The number of halogens is 1. The van der Waals surface area contributed by atoms with E-state index in [1.54, 1.807) is 0 Å². The van der Waals surface area contributed by atoms with E-state index in [0.29, 0.717) is 0 Å². The zero-order chi connectivity index (χ0) is 4.50. The predicted octanol–water partition coefficient (Wildman–Crippen LogP) is -13.3. The Labute approximate surface area is 167 Å². The fraction of sp³-hybridized carbons (Fsp3) is 0. The van der Waals surface area contributed by atoms with Crippen molar-refractivity contribution in [1.82, 2.24) is 0 Å². The van der Waals surface area contributed by atoms with Gasteiger partial charge >= 0.3 is 132 Å². The smallest absolute Gasteiger partial charge is 1.00 e. The molecule has 9 heavy (non-hydrogen) atoms. The van der Waals surface area contributed by atoms with Crippen molar-refractivity contribution in [2.75, 3.05) is 0 Å². The van der Waals surface area contributed by atoms with E-state index in [1.165, 1.54) is 0 Å². The van der Waals surface area contributed by atoms with Crippen molar-refractivity contribution in [3.8, 4) is 0 Å². The molecule has 0 rings (SSSR count). The van der Waals surface area contributed by atoms with Crippen molar-refractivity contribution in [1.29, 1.82) is 0 Å². The van der Waals surface area contributed by atoms with E-state index >= 15 is 0 Å². The second-order valence-corrected chi connectivity index (χ2v) is 1.22. The molecule has 0 fully saturated rings. The van der Waals surface area contributed by atoms with Crippen LogP contribution in [0.4, 0.5) is 0 Å². The van der Waals surface area contributed by atoms with Crippen LogP contribution in [0, 0.1) is 0 Å². The summed E-state index contributed by atoms with van der Waals surface area (Å²) in [5, 5.41) is 0. The van der Waals surface area contributed by atoms with Gasteiger partial charge in [0.15, 0.2) is 0 Å². The maximum atomic E-state index is 8.52. The molecule has 40 valence electrons. The first kappa shape index (κ1) is 29.2. The van der Waals surface area contributed by atoms with Crippen molar-refractivity contribution in [3.63, 3.8) is 0 Å². The van der Waals surface area contributed by atoms with Crippen LogP contribution in [0.15, 0.2) is 0 Å². The molecule has 0 aromatic carbocycles. The van der Waals surface area contributed by atoms with E-state index < -0.39 is 10.4 Å². The molecule has 0 aliphatic rings. The van der Waals surface area contributed by atoms with Gasteiger partial charge in [-0.25, -0.2) is 0 Å². The van der Waals surface area contributed by atoms with Crippen molar-refractivity contribution in [2.24, 2.45) is 0 Å². The molecule has 0 aromatic rings. The number of hydrogen-bond donors (Lipinski definition) is 0. The summed E-state index contributed by atoms with van der Waals surface area (Å²) in [6.07, 6.45) is 0. The van der Waals surface area contributed by atoms with E-state index in [4.69, 9.17) is 17.5 Å². The van der Waals surface area contributed by atoms with Gasteiger partial charge in [-0.15, -0.1) is 0 Å². The van der Waals surface area contributed by atoms with Crippen LogP contribution in [-0.2, 0) is 10.4 Å². The molecule has 0 aliphatic heterocycles. The molecule has 0 aliphatic carbocycles. The Kier molecular flexibility index (Phi) is 48.4. The number of hydrogen-bond acceptors (Lipinski definition) is 4. The first-order chi connectivity index (χ1) is 2.00. The zero-order valence-electron chi connectivity index (χ0n) is 5.42. The molecule has 4 nitrogen and oxygen atoms in total. The third-order valence-corrected chi connectivity index (χ3v) is 0. The summed E-state index contributed by atoms with van der Waals surface area (Å²) in [7, 11) is -5.17. The normalized spacial score (nSPS) is 6.44. The minimum absolute atomic E-state index is 0. The topological polar surface area (TPSA) is 80.3 Å². The van der Waals surface area contributed by atoms with Gasteiger partial charge < -0.3 is 21.5 Å². The molecular weight excluding hydrogens is 233 g/mol. The van der Waals surface area contributed by atoms with E-state index in [1.807, 2.05) is 0 Å². The first-order valence-electron chi connectivity index (χ1n) is 0.667. The zero-order valence-corrected chi connectivity index (χ0v) is 15.2. The summed E-state index contributed by atoms with van der Waals surface area (Å²) < 4.78 is 34.1. The van der Waals surface area contributed by atoms with Crippen LogP contribution in [0.1, 0.15) is 0 Å². The Morgan fingerprint density at radius 3 is 1.00 bits per heavy atom. The molecule has 0 saturated carbocycles. The van der Waals surface area contributed by atoms with Crippen LogP contribution in [-0.4, -0.2) is 17.5 Å². The summed E-state index contributed by atoms with van der Waals surface area (Å²) in [6.45, 7) is 0. The van der Waals surface area contributed by atoms with Crippen molar-refractivity contribution < 1.29 is 162 Å². The van der Waals surface area contributed by atoms with E-state index in [9.17, 15) is 0 Å². The van der Waals surface area contributed by atoms with Gasteiger partial charge in [0.05, 0.1) is 0 Å². The minimum Gasteiger partial charge on any atom is -1.00 e. The third kappa shape index (κ3) is 68.9. The van der Waals surface area contributed by atoms with Crippen LogP contribution in [0.5, 0.6) is 0 Å². The molecule has 0 unspecified atom stereocenters. The average molecular weight is 233 g/mol. The van der Waals surface area contributed by atoms with E-state index in [0.717, 1.165) is 0 Å². The van der Waals surface area contributed by atoms with Crippen LogP contribution < -0.4 is 145 Å². The first-order valence-corrected chi connectivity index (χ1v) is 2.00. The average Bonchev–Trinajstić information content (AvgIpc) is 0.722. The fourth-order valence-electron chi connectivity index (χ4n) is 0. The molecule has 0 aromatic heterocycles. The Morgan fingerprint density at radius 2 is 1.00 bits per heavy atom. The van der Waals surface area contributed by atoms with Gasteiger partial charge in [-0.1, -0.05) is 0 Å². The van der Waals surface area contributed by atoms with Gasteiger partial charge in [0.1, 0.15) is 0 Å². The summed E-state index contributed by atoms with van der Waals surface area (Å²) in [5.41, 5.74) is 0. The molecule has 0 saturated heterocycles. The maximum absolute atomic E-state index is 8.52. The van der Waals surface area contributed by atoms with Crippen molar-refractivity contribution in [2.45, 2.75) is 0 Å². The Morgan fingerprint density at radius 1 is 1.00 bits per heavy atom. The molecule has 0 amide bonds. The van der Waals surface area contributed by atoms with Gasteiger partial charge in [-0.05, 0) is 0 Å². The fourth-order valence-corrected chi connectivity index (χ4v) is 0. The molecule has 0 N–H and O–H groups in total. The molecule has 0 heterocycles. The van der Waals surface area contributed by atoms with Crippen LogP contribution in [0.2, 0.25) is 0 Å². The van der Waals surface area contributed by atoms with Gasteiger partial charge in [-0.2, -0.15) is 0 Å². The Balaban J connectivity index is -0.0000000133. The number of rotatable bonds is 0. The molecule has 9 heteroatoms. The second-order valence-electron chi connectivity index (χ2n) is 0.408. The van der Waals surface area contributed by atoms with Crippen LogP contribution >= 0.6 is 0 Å². The summed E-state index contributed by atoms with van der Waals surface area (Å²) in [5.74, 6) is 0. The predicted molar refractivity (Wildman–Crippen MR) is 10.5 cm³/mol. The molecule has 0 spiro atoms. The molecular formula is ClK2NaO4S. The summed E-state index contributed by atoms with van der Waals surface area (Å²) >= 11 is 0. The standard InChI is InChI=1S/ClH.2K.Na.H2O4S/c;;;;1-5(2,3)4/h1H;;;;(H2,1,2,3,4)/q;3*+1;/p-3. The van der Waals surface area contributed by atoms with Crippen molar-refractivity contribution in [3.05, 3.63) is 0 Å². The Bertz CT molecular complexity index is 102. The quantitative estimate of drug-likeness (QED) is 0.236. The van der Waals surface area contributed by atoms with Crippen molar-refractivity contribution >= 4 is 10.4 Å². The summed E-state index contributed by atoms with van der Waals surface area (Å²) in [6, 6.07) is 0. The van der Waals surface area contributed by atoms with E-state index in [2.05, 4.69) is 0 Å². The minimum atomic E-state index is -5.17. The SMILES string of the molecule is O=S(=O)([O-])[O-].[Cl-].[K+].[K+].[Na+]. The van der Waals surface area contributed by atoms with E-state index in [-0.39, 0.29) is 145 Å². The van der Waals surface area contributed by atoms with Crippen LogP contribution in [0.25, 0.3) is 0 Å².